The first-order valence-electron chi connectivity index (χ1n) is 7.43. The molecule has 5 heteroatoms. The molecule has 20 heavy (non-hydrogen) atoms. The molecule has 1 atom stereocenters. The van der Waals surface area contributed by atoms with Gasteiger partial charge in [-0.1, -0.05) is 13.8 Å². The van der Waals surface area contributed by atoms with Crippen molar-refractivity contribution in [2.45, 2.75) is 58.5 Å². The van der Waals surface area contributed by atoms with Crippen LogP contribution >= 0.6 is 22.6 Å². The Balaban J connectivity index is 2.47. The van der Waals surface area contributed by atoms with Gasteiger partial charge >= 0.3 is 0 Å². The topological polar surface area (TPSA) is 47.0 Å². The summed E-state index contributed by atoms with van der Waals surface area (Å²) in [6.07, 6.45) is 3.31. The van der Waals surface area contributed by atoms with Crippen LogP contribution in [0.2, 0.25) is 0 Å². The SMILES string of the molecule is CCNc1nc(C2(C)CCCCO2)nc(C(C)C)c1I. The molecule has 0 radical (unpaired) electrons. The van der Waals surface area contributed by atoms with Crippen molar-refractivity contribution >= 4 is 28.4 Å². The van der Waals surface area contributed by atoms with Gasteiger partial charge in [0.25, 0.3) is 0 Å². The number of anilines is 1. The lowest BCUT2D eigenvalue weighted by atomic mass is 9.94. The molecule has 1 unspecified atom stereocenters. The average molecular weight is 389 g/mol. The van der Waals surface area contributed by atoms with Crippen LogP contribution in [0.3, 0.4) is 0 Å². The second-order valence-electron chi connectivity index (χ2n) is 5.82. The predicted molar refractivity (Wildman–Crippen MR) is 90.2 cm³/mol. The Morgan fingerprint density at radius 3 is 2.65 bits per heavy atom. The number of halogens is 1. The molecule has 0 saturated carbocycles. The molecule has 1 N–H and O–H groups in total. The Morgan fingerprint density at radius 2 is 2.10 bits per heavy atom. The highest BCUT2D eigenvalue weighted by Crippen LogP contribution is 2.35. The van der Waals surface area contributed by atoms with Crippen LogP contribution in [0, 0.1) is 3.57 Å². The molecule has 1 aromatic heterocycles. The van der Waals surface area contributed by atoms with Crippen LogP contribution in [0.25, 0.3) is 0 Å². The molecular formula is C15H24IN3O. The summed E-state index contributed by atoms with van der Waals surface area (Å²) in [5.74, 6) is 2.16. The molecule has 1 aromatic rings. The number of ether oxygens (including phenoxy) is 1. The quantitative estimate of drug-likeness (QED) is 0.790. The van der Waals surface area contributed by atoms with Gasteiger partial charge in [0, 0.05) is 13.2 Å². The van der Waals surface area contributed by atoms with Gasteiger partial charge in [0.1, 0.15) is 11.4 Å². The molecule has 0 spiro atoms. The number of rotatable bonds is 4. The lowest BCUT2D eigenvalue weighted by Crippen LogP contribution is -2.33. The summed E-state index contributed by atoms with van der Waals surface area (Å²) in [4.78, 5) is 9.57. The standard InChI is InChI=1S/C15H24IN3O/c1-5-17-13-11(16)12(10(2)3)18-14(19-13)15(4)8-6-7-9-20-15/h10H,5-9H2,1-4H3,(H,17,18,19). The number of hydrogen-bond acceptors (Lipinski definition) is 4. The number of nitrogens with one attached hydrogen (secondary N) is 1. The Hall–Kier alpha value is -0.430. The molecule has 2 heterocycles. The van der Waals surface area contributed by atoms with Crippen molar-refractivity contribution in [3.05, 3.63) is 15.1 Å². The van der Waals surface area contributed by atoms with Gasteiger partial charge < -0.3 is 10.1 Å². The fourth-order valence-electron chi connectivity index (χ4n) is 2.48. The van der Waals surface area contributed by atoms with Crippen LogP contribution < -0.4 is 5.32 Å². The lowest BCUT2D eigenvalue weighted by Gasteiger charge is -2.33. The van der Waals surface area contributed by atoms with E-state index in [0.717, 1.165) is 46.9 Å². The maximum atomic E-state index is 6.00. The zero-order chi connectivity index (χ0) is 14.8. The van der Waals surface area contributed by atoms with Gasteiger partial charge in [0.05, 0.1) is 9.26 Å². The molecule has 0 amide bonds. The summed E-state index contributed by atoms with van der Waals surface area (Å²) >= 11 is 2.34. The first-order valence-corrected chi connectivity index (χ1v) is 8.51. The van der Waals surface area contributed by atoms with E-state index in [0.29, 0.717) is 5.92 Å². The largest absolute Gasteiger partial charge is 0.369 e. The maximum absolute atomic E-state index is 6.00. The van der Waals surface area contributed by atoms with Crippen molar-refractivity contribution < 1.29 is 4.74 Å². The molecule has 0 bridgehead atoms. The summed E-state index contributed by atoms with van der Waals surface area (Å²) in [5, 5.41) is 3.35. The second-order valence-corrected chi connectivity index (χ2v) is 6.90. The summed E-state index contributed by atoms with van der Waals surface area (Å²) in [5.41, 5.74) is 0.776. The third-order valence-electron chi connectivity index (χ3n) is 3.71. The summed E-state index contributed by atoms with van der Waals surface area (Å²) in [6, 6.07) is 0. The van der Waals surface area contributed by atoms with E-state index < -0.39 is 0 Å². The third-order valence-corrected chi connectivity index (χ3v) is 4.77. The van der Waals surface area contributed by atoms with Gasteiger partial charge in [-0.2, -0.15) is 0 Å². The molecular weight excluding hydrogens is 365 g/mol. The minimum Gasteiger partial charge on any atom is -0.369 e. The van der Waals surface area contributed by atoms with Crippen LogP contribution in [-0.4, -0.2) is 23.1 Å². The zero-order valence-corrected chi connectivity index (χ0v) is 15.0. The highest BCUT2D eigenvalue weighted by molar-refractivity contribution is 14.1. The van der Waals surface area contributed by atoms with Gasteiger partial charge in [-0.15, -0.1) is 0 Å². The van der Waals surface area contributed by atoms with E-state index in [4.69, 9.17) is 14.7 Å². The minimum atomic E-state index is -0.337. The van der Waals surface area contributed by atoms with Crippen LogP contribution in [-0.2, 0) is 10.3 Å². The molecule has 1 aliphatic rings. The molecule has 1 aliphatic heterocycles. The third kappa shape index (κ3) is 3.24. The van der Waals surface area contributed by atoms with Gasteiger partial charge in [0.2, 0.25) is 0 Å². The van der Waals surface area contributed by atoms with E-state index in [1.165, 1.54) is 6.42 Å². The Morgan fingerprint density at radius 1 is 1.35 bits per heavy atom. The zero-order valence-electron chi connectivity index (χ0n) is 12.8. The van der Waals surface area contributed by atoms with E-state index in [1.807, 2.05) is 0 Å². The van der Waals surface area contributed by atoms with E-state index in [9.17, 15) is 0 Å². The minimum absolute atomic E-state index is 0.337. The molecule has 0 aliphatic carbocycles. The van der Waals surface area contributed by atoms with E-state index in [1.54, 1.807) is 0 Å². The van der Waals surface area contributed by atoms with Crippen molar-refractivity contribution in [1.82, 2.24) is 9.97 Å². The van der Waals surface area contributed by atoms with Crippen LogP contribution in [0.15, 0.2) is 0 Å². The molecule has 0 aromatic carbocycles. The van der Waals surface area contributed by atoms with Crippen molar-refractivity contribution in [2.24, 2.45) is 0 Å². The van der Waals surface area contributed by atoms with E-state index in [-0.39, 0.29) is 5.60 Å². The lowest BCUT2D eigenvalue weighted by molar-refractivity contribution is -0.0761. The van der Waals surface area contributed by atoms with Crippen molar-refractivity contribution in [3.8, 4) is 0 Å². The summed E-state index contributed by atoms with van der Waals surface area (Å²) in [6.45, 7) is 10.2. The number of nitrogens with zero attached hydrogens (tertiary/aromatic N) is 2. The van der Waals surface area contributed by atoms with Crippen LogP contribution in [0.1, 0.15) is 64.4 Å². The number of aromatic nitrogens is 2. The fraction of sp³-hybridized carbons (Fsp3) is 0.733. The normalized spacial score (nSPS) is 23.1. The molecule has 1 saturated heterocycles. The predicted octanol–water partition coefficient (Wildman–Crippen LogP) is 4.05. The molecule has 2 rings (SSSR count). The van der Waals surface area contributed by atoms with Gasteiger partial charge in [-0.25, -0.2) is 9.97 Å². The monoisotopic (exact) mass is 389 g/mol. The fourth-order valence-corrected chi connectivity index (χ4v) is 3.53. The Bertz CT molecular complexity index is 470. The van der Waals surface area contributed by atoms with Gasteiger partial charge in [0.15, 0.2) is 5.82 Å². The first kappa shape index (κ1) is 15.9. The smallest absolute Gasteiger partial charge is 0.162 e. The average Bonchev–Trinajstić information content (AvgIpc) is 2.41. The molecule has 1 fully saturated rings. The Labute approximate surface area is 135 Å². The Kier molecular flexibility index (Phi) is 5.23. The van der Waals surface area contributed by atoms with Crippen molar-refractivity contribution in [2.75, 3.05) is 18.5 Å². The van der Waals surface area contributed by atoms with Crippen LogP contribution in [0.4, 0.5) is 5.82 Å². The highest BCUT2D eigenvalue weighted by atomic mass is 127. The molecule has 4 nitrogen and oxygen atoms in total. The van der Waals surface area contributed by atoms with Gasteiger partial charge in [-0.3, -0.25) is 0 Å². The number of hydrogen-bond donors (Lipinski definition) is 1. The summed E-state index contributed by atoms with van der Waals surface area (Å²) < 4.78 is 7.13. The molecule has 112 valence electrons. The van der Waals surface area contributed by atoms with E-state index >= 15 is 0 Å². The van der Waals surface area contributed by atoms with E-state index in [2.05, 4.69) is 55.6 Å². The van der Waals surface area contributed by atoms with Crippen molar-refractivity contribution in [3.63, 3.8) is 0 Å². The second kappa shape index (κ2) is 6.56. The highest BCUT2D eigenvalue weighted by Gasteiger charge is 2.34. The maximum Gasteiger partial charge on any atom is 0.162 e. The van der Waals surface area contributed by atoms with Gasteiger partial charge in [-0.05, 0) is 61.6 Å². The van der Waals surface area contributed by atoms with Crippen molar-refractivity contribution in [1.29, 1.82) is 0 Å². The summed E-state index contributed by atoms with van der Waals surface area (Å²) in [7, 11) is 0. The first-order chi connectivity index (χ1) is 9.48. The van der Waals surface area contributed by atoms with Crippen LogP contribution in [0.5, 0.6) is 0 Å².